The monoisotopic (exact) mass is 289 g/mol. The molecule has 1 radical (unpaired) electrons. The molecular formula is C12H10CoN2O3. The SMILES string of the molecule is Oc1ccc(N=Nc2ccccc2O)c(O)c1.[Co]. The van der Waals surface area contributed by atoms with Gasteiger partial charge in [0.1, 0.15) is 28.6 Å². The van der Waals surface area contributed by atoms with Crippen molar-refractivity contribution in [3.8, 4) is 17.2 Å². The van der Waals surface area contributed by atoms with Crippen LogP contribution in [0.5, 0.6) is 17.2 Å². The second-order valence-corrected chi connectivity index (χ2v) is 3.36. The molecule has 5 nitrogen and oxygen atoms in total. The van der Waals surface area contributed by atoms with E-state index in [1.165, 1.54) is 24.3 Å². The Labute approximate surface area is 114 Å². The van der Waals surface area contributed by atoms with Gasteiger partial charge in [-0.25, -0.2) is 0 Å². The fourth-order valence-electron chi connectivity index (χ4n) is 1.25. The number of azo groups is 1. The van der Waals surface area contributed by atoms with Gasteiger partial charge in [-0.1, -0.05) is 12.1 Å². The zero-order valence-corrected chi connectivity index (χ0v) is 10.2. The van der Waals surface area contributed by atoms with Gasteiger partial charge in [-0.3, -0.25) is 0 Å². The van der Waals surface area contributed by atoms with Crippen molar-refractivity contribution in [2.45, 2.75) is 0 Å². The van der Waals surface area contributed by atoms with E-state index in [4.69, 9.17) is 5.11 Å². The molecule has 0 unspecified atom stereocenters. The van der Waals surface area contributed by atoms with Crippen LogP contribution in [0.3, 0.4) is 0 Å². The van der Waals surface area contributed by atoms with Gasteiger partial charge in [-0.2, -0.15) is 0 Å². The van der Waals surface area contributed by atoms with Crippen LogP contribution in [0.2, 0.25) is 0 Å². The average Bonchev–Trinajstić information content (AvgIpc) is 2.30. The molecule has 0 fully saturated rings. The number of benzene rings is 2. The first-order valence-corrected chi connectivity index (χ1v) is 4.88. The van der Waals surface area contributed by atoms with Crippen molar-refractivity contribution < 1.29 is 32.1 Å². The van der Waals surface area contributed by atoms with Crippen LogP contribution >= 0.6 is 0 Å². The minimum atomic E-state index is -0.177. The molecule has 0 heterocycles. The van der Waals surface area contributed by atoms with Crippen LogP contribution in [-0.4, -0.2) is 15.3 Å². The summed E-state index contributed by atoms with van der Waals surface area (Å²) in [7, 11) is 0. The molecule has 3 N–H and O–H groups in total. The van der Waals surface area contributed by atoms with E-state index >= 15 is 0 Å². The van der Waals surface area contributed by atoms with Crippen molar-refractivity contribution in [3.05, 3.63) is 42.5 Å². The first-order chi connectivity index (χ1) is 8.16. The van der Waals surface area contributed by atoms with E-state index in [1.807, 2.05) is 0 Å². The largest absolute Gasteiger partial charge is 0.508 e. The Hall–Kier alpha value is -2.05. The third-order valence-corrected chi connectivity index (χ3v) is 2.11. The Morgan fingerprint density at radius 3 is 1.94 bits per heavy atom. The minimum absolute atomic E-state index is 0. The summed E-state index contributed by atoms with van der Waals surface area (Å²) in [5.74, 6) is -0.220. The maximum atomic E-state index is 9.46. The summed E-state index contributed by atoms with van der Waals surface area (Å²) >= 11 is 0. The molecule has 0 saturated carbocycles. The molecule has 6 heteroatoms. The van der Waals surface area contributed by atoms with Gasteiger partial charge in [0.05, 0.1) is 0 Å². The fourth-order valence-corrected chi connectivity index (χ4v) is 1.25. The molecule has 2 rings (SSSR count). The van der Waals surface area contributed by atoms with Gasteiger partial charge in [0, 0.05) is 22.8 Å². The summed E-state index contributed by atoms with van der Waals surface area (Å²) in [6.45, 7) is 0. The van der Waals surface area contributed by atoms with E-state index in [2.05, 4.69) is 10.2 Å². The number of hydrogen-bond acceptors (Lipinski definition) is 5. The van der Waals surface area contributed by atoms with E-state index in [-0.39, 0.29) is 39.7 Å². The van der Waals surface area contributed by atoms with E-state index in [0.717, 1.165) is 0 Å². The van der Waals surface area contributed by atoms with Crippen molar-refractivity contribution in [3.63, 3.8) is 0 Å². The molecule has 0 aliphatic heterocycles. The molecule has 2 aromatic carbocycles. The van der Waals surface area contributed by atoms with E-state index in [0.29, 0.717) is 5.69 Å². The van der Waals surface area contributed by atoms with Crippen LogP contribution < -0.4 is 0 Å². The van der Waals surface area contributed by atoms with Gasteiger partial charge in [-0.15, -0.1) is 10.2 Å². The standard InChI is InChI=1S/C12H10N2O3.Co/c15-8-5-6-10(12(17)7-8)14-13-9-3-1-2-4-11(9)16;/h1-7,15-17H;. The summed E-state index contributed by atoms with van der Waals surface area (Å²) < 4.78 is 0. The molecule has 2 aromatic rings. The third-order valence-electron chi connectivity index (χ3n) is 2.11. The van der Waals surface area contributed by atoms with Crippen LogP contribution in [0, 0.1) is 0 Å². The predicted molar refractivity (Wildman–Crippen MR) is 62.1 cm³/mol. The summed E-state index contributed by atoms with van der Waals surface area (Å²) in [6, 6.07) is 10.4. The Balaban J connectivity index is 0.00000162. The molecule has 0 bridgehead atoms. The predicted octanol–water partition coefficient (Wildman–Crippen LogP) is 3.22. The van der Waals surface area contributed by atoms with Crippen LogP contribution in [0.1, 0.15) is 0 Å². The van der Waals surface area contributed by atoms with Crippen molar-refractivity contribution >= 4 is 11.4 Å². The van der Waals surface area contributed by atoms with E-state index in [9.17, 15) is 10.2 Å². The first-order valence-electron chi connectivity index (χ1n) is 4.88. The van der Waals surface area contributed by atoms with Crippen molar-refractivity contribution in [1.29, 1.82) is 0 Å². The number of phenolic OH excluding ortho intramolecular Hbond substituents is 3. The zero-order valence-electron chi connectivity index (χ0n) is 9.11. The minimum Gasteiger partial charge on any atom is -0.508 e. The molecule has 18 heavy (non-hydrogen) atoms. The Bertz CT molecular complexity index is 573. The molecular weight excluding hydrogens is 279 g/mol. The summed E-state index contributed by atoms with van der Waals surface area (Å²) in [5, 5.41) is 35.6. The molecule has 0 atom stereocenters. The molecule has 95 valence electrons. The molecule has 0 saturated heterocycles. The number of aromatic hydroxyl groups is 3. The number of para-hydroxylation sites is 1. The van der Waals surface area contributed by atoms with Crippen molar-refractivity contribution in [2.24, 2.45) is 10.2 Å². The first kappa shape index (κ1) is 14.0. The number of hydrogen-bond donors (Lipinski definition) is 3. The van der Waals surface area contributed by atoms with Crippen LogP contribution in [-0.2, 0) is 16.8 Å². The smallest absolute Gasteiger partial charge is 0.146 e. The van der Waals surface area contributed by atoms with Gasteiger partial charge in [0.25, 0.3) is 0 Å². The zero-order chi connectivity index (χ0) is 12.3. The Morgan fingerprint density at radius 1 is 0.722 bits per heavy atom. The van der Waals surface area contributed by atoms with Crippen molar-refractivity contribution in [1.82, 2.24) is 0 Å². The summed E-state index contributed by atoms with van der Waals surface area (Å²) in [4.78, 5) is 0. The maximum Gasteiger partial charge on any atom is 0.146 e. The van der Waals surface area contributed by atoms with Crippen molar-refractivity contribution in [2.75, 3.05) is 0 Å². The van der Waals surface area contributed by atoms with Gasteiger partial charge in [-0.05, 0) is 24.3 Å². The second kappa shape index (κ2) is 6.04. The number of nitrogens with zero attached hydrogens (tertiary/aromatic N) is 2. The van der Waals surface area contributed by atoms with E-state index < -0.39 is 0 Å². The number of rotatable bonds is 2. The normalized spacial score (nSPS) is 10.2. The van der Waals surface area contributed by atoms with Crippen LogP contribution in [0.15, 0.2) is 52.7 Å². The van der Waals surface area contributed by atoms with Gasteiger partial charge in [0.15, 0.2) is 0 Å². The van der Waals surface area contributed by atoms with Crippen LogP contribution in [0.4, 0.5) is 11.4 Å². The quantitative estimate of drug-likeness (QED) is 0.742. The topological polar surface area (TPSA) is 85.4 Å². The molecule has 0 aliphatic rings. The third kappa shape index (κ3) is 3.22. The molecule has 0 aliphatic carbocycles. The Kier molecular flexibility index (Phi) is 4.70. The van der Waals surface area contributed by atoms with E-state index in [1.54, 1.807) is 18.2 Å². The van der Waals surface area contributed by atoms with Crippen LogP contribution in [0.25, 0.3) is 0 Å². The summed E-state index contributed by atoms with van der Waals surface area (Å²) in [5.41, 5.74) is 0.519. The average molecular weight is 289 g/mol. The molecule has 0 amide bonds. The second-order valence-electron chi connectivity index (χ2n) is 3.36. The number of phenols is 3. The summed E-state index contributed by atoms with van der Waals surface area (Å²) in [6.07, 6.45) is 0. The molecule has 0 aromatic heterocycles. The van der Waals surface area contributed by atoms with Gasteiger partial charge < -0.3 is 15.3 Å². The molecule has 0 spiro atoms. The Morgan fingerprint density at radius 2 is 1.33 bits per heavy atom. The fraction of sp³-hybridized carbons (Fsp3) is 0. The van der Waals surface area contributed by atoms with Gasteiger partial charge in [0.2, 0.25) is 0 Å². The maximum absolute atomic E-state index is 9.46. The van der Waals surface area contributed by atoms with Gasteiger partial charge >= 0.3 is 0 Å².